The van der Waals surface area contributed by atoms with E-state index < -0.39 is 23.0 Å². The average Bonchev–Trinajstić information content (AvgIpc) is 2.52. The quantitative estimate of drug-likeness (QED) is 0.847. The van der Waals surface area contributed by atoms with E-state index in [1.165, 1.54) is 0 Å². The second-order valence-electron chi connectivity index (χ2n) is 7.17. The van der Waals surface area contributed by atoms with E-state index in [9.17, 15) is 10.2 Å². The van der Waals surface area contributed by atoms with Gasteiger partial charge in [0.15, 0.2) is 0 Å². The molecule has 2 aromatic carbocycles. The van der Waals surface area contributed by atoms with Crippen molar-refractivity contribution in [2.75, 3.05) is 0 Å². The summed E-state index contributed by atoms with van der Waals surface area (Å²) in [6.45, 7) is 8.09. The number of aryl methyl sites for hydroxylation is 1. The van der Waals surface area contributed by atoms with Gasteiger partial charge in [0.2, 0.25) is 0 Å². The fourth-order valence-electron chi connectivity index (χ4n) is 3.99. The Bertz CT molecular complexity index is 704. The summed E-state index contributed by atoms with van der Waals surface area (Å²) in [5, 5.41) is 21.8. The topological polar surface area (TPSA) is 40.5 Å². The fraction of sp³-hybridized carbons (Fsp3) is 0.400. The lowest BCUT2D eigenvalue weighted by Crippen LogP contribution is -2.57. The zero-order valence-electron chi connectivity index (χ0n) is 13.7. The van der Waals surface area contributed by atoms with Crippen LogP contribution in [0.25, 0.3) is 0 Å². The first-order valence-electron chi connectivity index (χ1n) is 7.83. The first-order valence-corrected chi connectivity index (χ1v) is 7.83. The lowest BCUT2D eigenvalue weighted by molar-refractivity contribution is -0.0620. The maximum absolute atomic E-state index is 11.0. The molecule has 3 atom stereocenters. The monoisotopic (exact) mass is 296 g/mol. The van der Waals surface area contributed by atoms with Crippen LogP contribution < -0.4 is 0 Å². The predicted molar refractivity (Wildman–Crippen MR) is 89.1 cm³/mol. The van der Waals surface area contributed by atoms with Crippen LogP contribution in [0.4, 0.5) is 0 Å². The van der Waals surface area contributed by atoms with Gasteiger partial charge in [0.1, 0.15) is 0 Å². The average molecular weight is 296 g/mol. The highest BCUT2D eigenvalue weighted by atomic mass is 16.3. The summed E-state index contributed by atoms with van der Waals surface area (Å²) < 4.78 is 0. The highest BCUT2D eigenvalue weighted by molar-refractivity contribution is 5.52. The maximum atomic E-state index is 11.0. The van der Waals surface area contributed by atoms with Crippen molar-refractivity contribution in [1.82, 2.24) is 0 Å². The summed E-state index contributed by atoms with van der Waals surface area (Å²) in [5.41, 5.74) is 3.33. The second kappa shape index (κ2) is 4.94. The number of rotatable bonds is 1. The summed E-state index contributed by atoms with van der Waals surface area (Å²) in [7, 11) is 0. The van der Waals surface area contributed by atoms with Crippen molar-refractivity contribution < 1.29 is 10.2 Å². The van der Waals surface area contributed by atoms with E-state index in [1.54, 1.807) is 0 Å². The van der Waals surface area contributed by atoms with Crippen molar-refractivity contribution >= 4 is 0 Å². The van der Waals surface area contributed by atoms with Gasteiger partial charge in [-0.15, -0.1) is 0 Å². The Labute approximate surface area is 132 Å². The molecule has 0 saturated carbocycles. The maximum Gasteiger partial charge on any atom is 0.0941 e. The number of fused-ring (bicyclic) bond motifs is 1. The Hall–Kier alpha value is -1.64. The Kier molecular flexibility index (Phi) is 3.42. The molecule has 1 aliphatic carbocycles. The van der Waals surface area contributed by atoms with Gasteiger partial charge in [-0.25, -0.2) is 0 Å². The molecule has 2 N–H and O–H groups in total. The molecule has 1 aliphatic rings. The number of benzene rings is 2. The lowest BCUT2D eigenvalue weighted by atomic mass is 9.56. The SMILES string of the molecule is Cc1ccccc1[C@]1(C)c2ccccc2C(C)(C)[C@@H](O)[C@H]1O. The van der Waals surface area contributed by atoms with Crippen molar-refractivity contribution in [2.24, 2.45) is 0 Å². The minimum atomic E-state index is -0.849. The summed E-state index contributed by atoms with van der Waals surface area (Å²) in [6, 6.07) is 16.3. The van der Waals surface area contributed by atoms with Gasteiger partial charge in [0.05, 0.1) is 12.2 Å². The minimum absolute atomic E-state index is 0.474. The van der Waals surface area contributed by atoms with E-state index >= 15 is 0 Å². The zero-order chi connectivity index (χ0) is 16.1. The van der Waals surface area contributed by atoms with Gasteiger partial charge in [-0.1, -0.05) is 62.4 Å². The fourth-order valence-corrected chi connectivity index (χ4v) is 3.99. The van der Waals surface area contributed by atoms with Crippen LogP contribution in [0.1, 0.15) is 43.0 Å². The largest absolute Gasteiger partial charge is 0.389 e. The summed E-state index contributed by atoms with van der Waals surface area (Å²) in [4.78, 5) is 0. The third-order valence-corrected chi connectivity index (χ3v) is 5.52. The van der Waals surface area contributed by atoms with E-state index in [4.69, 9.17) is 0 Å². The molecular formula is C20H24O2. The molecule has 0 bridgehead atoms. The lowest BCUT2D eigenvalue weighted by Gasteiger charge is -2.50. The molecule has 0 aliphatic heterocycles. The molecule has 0 radical (unpaired) electrons. The number of aliphatic hydroxyl groups is 2. The van der Waals surface area contributed by atoms with Crippen LogP contribution >= 0.6 is 0 Å². The Morgan fingerprint density at radius 2 is 1.23 bits per heavy atom. The van der Waals surface area contributed by atoms with Crippen LogP contribution in [0.3, 0.4) is 0 Å². The Morgan fingerprint density at radius 1 is 0.727 bits per heavy atom. The van der Waals surface area contributed by atoms with Crippen LogP contribution in [0, 0.1) is 6.92 Å². The minimum Gasteiger partial charge on any atom is -0.389 e. The van der Waals surface area contributed by atoms with Crippen molar-refractivity contribution in [2.45, 2.75) is 50.7 Å². The number of aliphatic hydroxyl groups excluding tert-OH is 2. The number of hydrogen-bond donors (Lipinski definition) is 2. The van der Waals surface area contributed by atoms with E-state index in [1.807, 2.05) is 45.0 Å². The molecule has 3 rings (SSSR count). The van der Waals surface area contributed by atoms with Crippen molar-refractivity contribution in [3.63, 3.8) is 0 Å². The van der Waals surface area contributed by atoms with Gasteiger partial charge in [0, 0.05) is 10.8 Å². The van der Waals surface area contributed by atoms with Crippen LogP contribution in [0.5, 0.6) is 0 Å². The van der Waals surface area contributed by atoms with E-state index in [0.29, 0.717) is 0 Å². The van der Waals surface area contributed by atoms with Crippen molar-refractivity contribution in [3.8, 4) is 0 Å². The third kappa shape index (κ3) is 1.87. The van der Waals surface area contributed by atoms with Crippen LogP contribution in [0.15, 0.2) is 48.5 Å². The van der Waals surface area contributed by atoms with Gasteiger partial charge in [-0.2, -0.15) is 0 Å². The molecule has 0 unspecified atom stereocenters. The summed E-state index contributed by atoms with van der Waals surface area (Å²) in [5.74, 6) is 0. The Morgan fingerprint density at radius 3 is 1.82 bits per heavy atom. The summed E-state index contributed by atoms with van der Waals surface area (Å²) >= 11 is 0. The first kappa shape index (κ1) is 15.3. The van der Waals surface area contributed by atoms with E-state index in [0.717, 1.165) is 22.3 Å². The van der Waals surface area contributed by atoms with Gasteiger partial charge in [-0.05, 0) is 36.1 Å². The van der Waals surface area contributed by atoms with Crippen molar-refractivity contribution in [3.05, 3.63) is 70.8 Å². The first-order chi connectivity index (χ1) is 10.3. The third-order valence-electron chi connectivity index (χ3n) is 5.52. The molecule has 0 heterocycles. The molecule has 0 saturated heterocycles. The zero-order valence-corrected chi connectivity index (χ0v) is 13.7. The molecule has 0 spiro atoms. The van der Waals surface area contributed by atoms with E-state index in [2.05, 4.69) is 31.2 Å². The molecule has 2 nitrogen and oxygen atoms in total. The normalized spacial score (nSPS) is 29.9. The molecule has 0 fully saturated rings. The second-order valence-corrected chi connectivity index (χ2v) is 7.17. The molecule has 116 valence electrons. The molecule has 0 amide bonds. The van der Waals surface area contributed by atoms with Gasteiger partial charge in [-0.3, -0.25) is 0 Å². The standard InChI is InChI=1S/C20H24O2/c1-13-9-5-6-10-14(13)20(4)16-12-8-7-11-15(16)19(2,3)17(21)18(20)22/h5-12,17-18,21-22H,1-4H3/t17-,18+,20+/m0/s1. The highest BCUT2D eigenvalue weighted by Gasteiger charge is 2.53. The highest BCUT2D eigenvalue weighted by Crippen LogP contribution is 2.49. The predicted octanol–water partition coefficient (Wildman–Crippen LogP) is 3.31. The van der Waals surface area contributed by atoms with Crippen LogP contribution in [0.2, 0.25) is 0 Å². The van der Waals surface area contributed by atoms with Gasteiger partial charge < -0.3 is 10.2 Å². The van der Waals surface area contributed by atoms with Crippen LogP contribution in [-0.4, -0.2) is 22.4 Å². The molecular weight excluding hydrogens is 272 g/mol. The van der Waals surface area contributed by atoms with Gasteiger partial charge in [0.25, 0.3) is 0 Å². The number of hydrogen-bond acceptors (Lipinski definition) is 2. The Balaban J connectivity index is 2.34. The smallest absolute Gasteiger partial charge is 0.0941 e. The van der Waals surface area contributed by atoms with Crippen LogP contribution in [-0.2, 0) is 10.8 Å². The molecule has 2 heteroatoms. The molecule has 22 heavy (non-hydrogen) atoms. The van der Waals surface area contributed by atoms with Crippen molar-refractivity contribution in [1.29, 1.82) is 0 Å². The summed E-state index contributed by atoms with van der Waals surface area (Å²) in [6.07, 6.45) is -1.66. The van der Waals surface area contributed by atoms with E-state index in [-0.39, 0.29) is 0 Å². The molecule has 2 aromatic rings. The molecule has 0 aromatic heterocycles. The van der Waals surface area contributed by atoms with Gasteiger partial charge >= 0.3 is 0 Å².